The standard InChI is InChI=1S/C24H25FN6O2/c1-29(2)22-13-20(16-12-23(32)31(14-16)18-9-7-17(25)8-10-18)27-21(28-22)15-30(3)24(33)19-6-4-5-11-26-19/h4-11,13,16H,12,14-15H2,1-3H3/t16-/m0/s1. The molecular formula is C24H25FN6O2. The number of carbonyl (C=O) groups is 2. The minimum atomic E-state index is -0.345. The smallest absolute Gasteiger partial charge is 0.272 e. The van der Waals surface area contributed by atoms with E-state index in [0.717, 1.165) is 5.69 Å². The lowest BCUT2D eigenvalue weighted by molar-refractivity contribution is -0.117. The fraction of sp³-hybridized carbons (Fsp3) is 0.292. The molecule has 4 rings (SSSR count). The van der Waals surface area contributed by atoms with Crippen LogP contribution in [0.1, 0.15) is 34.3 Å². The van der Waals surface area contributed by atoms with Crippen molar-refractivity contribution in [1.29, 1.82) is 0 Å². The zero-order valence-electron chi connectivity index (χ0n) is 18.8. The van der Waals surface area contributed by atoms with Crippen molar-refractivity contribution in [3.05, 3.63) is 77.8 Å². The number of halogens is 1. The highest BCUT2D eigenvalue weighted by Gasteiger charge is 2.33. The SMILES string of the molecule is CN(Cc1nc([C@H]2CC(=O)N(c3ccc(F)cc3)C2)cc(N(C)C)n1)C(=O)c1ccccn1. The van der Waals surface area contributed by atoms with Gasteiger partial charge in [-0.1, -0.05) is 6.07 Å². The zero-order valence-corrected chi connectivity index (χ0v) is 18.8. The van der Waals surface area contributed by atoms with Gasteiger partial charge in [0.25, 0.3) is 5.91 Å². The van der Waals surface area contributed by atoms with Gasteiger partial charge in [-0.3, -0.25) is 14.6 Å². The van der Waals surface area contributed by atoms with Crippen molar-refractivity contribution >= 4 is 23.3 Å². The van der Waals surface area contributed by atoms with Gasteiger partial charge in [-0.05, 0) is 36.4 Å². The second-order valence-corrected chi connectivity index (χ2v) is 8.22. The molecule has 1 aromatic carbocycles. The normalized spacial score (nSPS) is 15.6. The molecule has 2 aromatic heterocycles. The molecule has 3 heterocycles. The summed E-state index contributed by atoms with van der Waals surface area (Å²) in [4.78, 5) is 43.8. The first-order valence-electron chi connectivity index (χ1n) is 10.6. The van der Waals surface area contributed by atoms with Gasteiger partial charge in [0.1, 0.15) is 23.2 Å². The Morgan fingerprint density at radius 1 is 1.12 bits per heavy atom. The van der Waals surface area contributed by atoms with Crippen LogP contribution in [0, 0.1) is 5.82 Å². The van der Waals surface area contributed by atoms with Crippen LogP contribution in [0.25, 0.3) is 0 Å². The highest BCUT2D eigenvalue weighted by Crippen LogP contribution is 2.32. The third-order valence-corrected chi connectivity index (χ3v) is 5.53. The predicted octanol–water partition coefficient (Wildman–Crippen LogP) is 2.87. The summed E-state index contributed by atoms with van der Waals surface area (Å²) < 4.78 is 13.3. The van der Waals surface area contributed by atoms with E-state index in [2.05, 4.69) is 9.97 Å². The summed E-state index contributed by atoms with van der Waals surface area (Å²) in [5, 5.41) is 0. The number of hydrogen-bond donors (Lipinski definition) is 0. The lowest BCUT2D eigenvalue weighted by Gasteiger charge is -2.20. The van der Waals surface area contributed by atoms with Gasteiger partial charge in [0, 0.05) is 58.0 Å². The van der Waals surface area contributed by atoms with Gasteiger partial charge >= 0.3 is 0 Å². The summed E-state index contributed by atoms with van der Waals surface area (Å²) in [5.41, 5.74) is 1.74. The molecule has 170 valence electrons. The first-order chi connectivity index (χ1) is 15.8. The van der Waals surface area contributed by atoms with Crippen LogP contribution in [-0.2, 0) is 11.3 Å². The Kier molecular flexibility index (Phi) is 6.30. The van der Waals surface area contributed by atoms with Crippen LogP contribution in [0.15, 0.2) is 54.7 Å². The average Bonchev–Trinajstić information content (AvgIpc) is 3.21. The molecule has 0 aliphatic carbocycles. The molecule has 0 unspecified atom stereocenters. The number of aromatic nitrogens is 3. The summed E-state index contributed by atoms with van der Waals surface area (Å²) in [6, 6.07) is 12.9. The number of anilines is 2. The molecule has 0 N–H and O–H groups in total. The van der Waals surface area contributed by atoms with E-state index in [1.807, 2.05) is 25.1 Å². The summed E-state index contributed by atoms with van der Waals surface area (Å²) in [5.74, 6) is 0.425. The van der Waals surface area contributed by atoms with Crippen LogP contribution < -0.4 is 9.80 Å². The van der Waals surface area contributed by atoms with E-state index in [-0.39, 0.29) is 30.1 Å². The van der Waals surface area contributed by atoms with E-state index in [0.29, 0.717) is 36.0 Å². The van der Waals surface area contributed by atoms with Gasteiger partial charge in [-0.15, -0.1) is 0 Å². The van der Waals surface area contributed by atoms with Crippen molar-refractivity contribution < 1.29 is 14.0 Å². The molecule has 1 aliphatic heterocycles. The number of pyridine rings is 1. The minimum absolute atomic E-state index is 0.0411. The van der Waals surface area contributed by atoms with Gasteiger partial charge in [0.2, 0.25) is 5.91 Å². The van der Waals surface area contributed by atoms with Crippen LogP contribution in [-0.4, -0.2) is 59.4 Å². The van der Waals surface area contributed by atoms with Crippen molar-refractivity contribution in [2.75, 3.05) is 37.5 Å². The average molecular weight is 449 g/mol. The number of carbonyl (C=O) groups excluding carboxylic acids is 2. The molecule has 3 aromatic rings. The number of hydrogen-bond acceptors (Lipinski definition) is 6. The Labute approximate surface area is 191 Å². The summed E-state index contributed by atoms with van der Waals surface area (Å²) >= 11 is 0. The first kappa shape index (κ1) is 22.3. The van der Waals surface area contributed by atoms with Crippen molar-refractivity contribution in [2.24, 2.45) is 0 Å². The molecule has 1 saturated heterocycles. The maximum Gasteiger partial charge on any atom is 0.272 e. The lowest BCUT2D eigenvalue weighted by Crippen LogP contribution is -2.28. The Hall–Kier alpha value is -3.88. The zero-order chi connectivity index (χ0) is 23.5. The van der Waals surface area contributed by atoms with E-state index in [9.17, 15) is 14.0 Å². The molecule has 8 nitrogen and oxygen atoms in total. The van der Waals surface area contributed by atoms with E-state index in [1.165, 1.54) is 17.0 Å². The van der Waals surface area contributed by atoms with E-state index in [4.69, 9.17) is 4.98 Å². The maximum absolute atomic E-state index is 13.3. The Morgan fingerprint density at radius 3 is 2.55 bits per heavy atom. The quantitative estimate of drug-likeness (QED) is 0.577. The molecule has 1 fully saturated rings. The monoisotopic (exact) mass is 448 g/mol. The van der Waals surface area contributed by atoms with E-state index >= 15 is 0 Å². The van der Waals surface area contributed by atoms with Crippen LogP contribution >= 0.6 is 0 Å². The van der Waals surface area contributed by atoms with Crippen molar-refractivity contribution in [3.8, 4) is 0 Å². The summed E-state index contributed by atoms with van der Waals surface area (Å²) in [7, 11) is 5.43. The fourth-order valence-corrected chi connectivity index (χ4v) is 3.76. The predicted molar refractivity (Wildman–Crippen MR) is 123 cm³/mol. The minimum Gasteiger partial charge on any atom is -0.363 e. The third kappa shape index (κ3) is 4.97. The molecule has 1 atom stereocenters. The molecule has 0 spiro atoms. The van der Waals surface area contributed by atoms with Crippen molar-refractivity contribution in [2.45, 2.75) is 18.9 Å². The maximum atomic E-state index is 13.3. The first-order valence-corrected chi connectivity index (χ1v) is 10.6. The van der Waals surface area contributed by atoms with Gasteiger partial charge in [-0.2, -0.15) is 0 Å². The van der Waals surface area contributed by atoms with Crippen LogP contribution in [0.4, 0.5) is 15.9 Å². The number of rotatable bonds is 6. The van der Waals surface area contributed by atoms with Crippen LogP contribution in [0.2, 0.25) is 0 Å². The van der Waals surface area contributed by atoms with Crippen LogP contribution in [0.3, 0.4) is 0 Å². The molecular weight excluding hydrogens is 423 g/mol. The van der Waals surface area contributed by atoms with Crippen LogP contribution in [0.5, 0.6) is 0 Å². The largest absolute Gasteiger partial charge is 0.363 e. The van der Waals surface area contributed by atoms with Gasteiger partial charge in [0.05, 0.1) is 12.2 Å². The van der Waals surface area contributed by atoms with Crippen molar-refractivity contribution in [1.82, 2.24) is 19.9 Å². The van der Waals surface area contributed by atoms with Crippen molar-refractivity contribution in [3.63, 3.8) is 0 Å². The van der Waals surface area contributed by atoms with Gasteiger partial charge in [0.15, 0.2) is 0 Å². The number of benzene rings is 1. The second kappa shape index (κ2) is 9.32. The highest BCUT2D eigenvalue weighted by molar-refractivity contribution is 5.96. The molecule has 0 radical (unpaired) electrons. The van der Waals surface area contributed by atoms with Gasteiger partial charge in [-0.25, -0.2) is 14.4 Å². The highest BCUT2D eigenvalue weighted by atomic mass is 19.1. The summed E-state index contributed by atoms with van der Waals surface area (Å²) in [6.45, 7) is 0.642. The second-order valence-electron chi connectivity index (χ2n) is 8.22. The lowest BCUT2D eigenvalue weighted by atomic mass is 10.0. The van der Waals surface area contributed by atoms with Gasteiger partial charge < -0.3 is 14.7 Å². The summed E-state index contributed by atoms with van der Waals surface area (Å²) in [6.07, 6.45) is 1.87. The number of nitrogens with zero attached hydrogens (tertiary/aromatic N) is 6. The molecule has 2 amide bonds. The topological polar surface area (TPSA) is 82.5 Å². The molecule has 9 heteroatoms. The molecule has 33 heavy (non-hydrogen) atoms. The van der Waals surface area contributed by atoms with E-state index in [1.54, 1.807) is 48.5 Å². The molecule has 0 saturated carbocycles. The Bertz CT molecular complexity index is 1150. The Morgan fingerprint density at radius 2 is 1.88 bits per heavy atom. The molecule has 0 bridgehead atoms. The fourth-order valence-electron chi connectivity index (χ4n) is 3.76. The Balaban J connectivity index is 1.57. The molecule has 1 aliphatic rings. The van der Waals surface area contributed by atoms with E-state index < -0.39 is 0 Å². The number of amides is 2. The third-order valence-electron chi connectivity index (χ3n) is 5.53.